The molecule has 116 valence electrons. The zero-order chi connectivity index (χ0) is 15.1. The van der Waals surface area contributed by atoms with Gasteiger partial charge in [-0.3, -0.25) is 4.79 Å². The Hall–Kier alpha value is -1.51. The van der Waals surface area contributed by atoms with Gasteiger partial charge < -0.3 is 10.6 Å². The van der Waals surface area contributed by atoms with E-state index in [0.29, 0.717) is 18.4 Å². The van der Waals surface area contributed by atoms with E-state index in [9.17, 15) is 4.79 Å². The molecule has 1 aliphatic rings. The van der Waals surface area contributed by atoms with E-state index in [-0.39, 0.29) is 0 Å². The Bertz CT molecular complexity index is 435. The van der Waals surface area contributed by atoms with Gasteiger partial charge in [0.2, 0.25) is 5.91 Å². The van der Waals surface area contributed by atoms with Crippen LogP contribution in [0.3, 0.4) is 0 Å². The van der Waals surface area contributed by atoms with Crippen molar-refractivity contribution in [3.63, 3.8) is 0 Å². The molecule has 0 radical (unpaired) electrons. The average molecular weight is 288 g/mol. The van der Waals surface area contributed by atoms with Crippen molar-refractivity contribution in [3.8, 4) is 0 Å². The van der Waals surface area contributed by atoms with Crippen LogP contribution in [-0.2, 0) is 11.3 Å². The summed E-state index contributed by atoms with van der Waals surface area (Å²) in [5, 5.41) is 0. The first-order valence-corrected chi connectivity index (χ1v) is 8.31. The van der Waals surface area contributed by atoms with E-state index in [0.717, 1.165) is 30.6 Å². The summed E-state index contributed by atoms with van der Waals surface area (Å²) in [7, 11) is 0. The molecule has 0 unspecified atom stereocenters. The largest absolute Gasteiger partial charge is 0.399 e. The van der Waals surface area contributed by atoms with Crippen molar-refractivity contribution in [1.82, 2.24) is 4.90 Å². The van der Waals surface area contributed by atoms with Gasteiger partial charge in [0.25, 0.3) is 0 Å². The lowest BCUT2D eigenvalue weighted by Crippen LogP contribution is -2.33. The number of amides is 1. The lowest BCUT2D eigenvalue weighted by Gasteiger charge is -2.27. The van der Waals surface area contributed by atoms with Crippen LogP contribution in [0.15, 0.2) is 24.3 Å². The Morgan fingerprint density at radius 2 is 1.86 bits per heavy atom. The fourth-order valence-electron chi connectivity index (χ4n) is 3.17. The molecule has 0 spiro atoms. The Morgan fingerprint density at radius 1 is 1.19 bits per heavy atom. The van der Waals surface area contributed by atoms with E-state index >= 15 is 0 Å². The first-order valence-electron chi connectivity index (χ1n) is 8.31. The lowest BCUT2D eigenvalue weighted by atomic mass is 9.86. The summed E-state index contributed by atoms with van der Waals surface area (Å²) in [6.45, 7) is 3.68. The molecule has 0 saturated heterocycles. The fraction of sp³-hybridized carbons (Fsp3) is 0.611. The van der Waals surface area contributed by atoms with Crippen LogP contribution < -0.4 is 5.73 Å². The molecule has 0 atom stereocenters. The van der Waals surface area contributed by atoms with E-state index in [2.05, 4.69) is 6.92 Å². The highest BCUT2D eigenvalue weighted by Gasteiger charge is 2.20. The van der Waals surface area contributed by atoms with Gasteiger partial charge in [0.15, 0.2) is 0 Å². The maximum absolute atomic E-state index is 12.6. The summed E-state index contributed by atoms with van der Waals surface area (Å²) in [5.41, 5.74) is 7.65. The van der Waals surface area contributed by atoms with Crippen molar-refractivity contribution in [2.45, 2.75) is 58.4 Å². The van der Waals surface area contributed by atoms with Crippen LogP contribution in [0.4, 0.5) is 5.69 Å². The smallest absolute Gasteiger partial charge is 0.223 e. The van der Waals surface area contributed by atoms with Gasteiger partial charge in [0.1, 0.15) is 0 Å². The quantitative estimate of drug-likeness (QED) is 0.805. The van der Waals surface area contributed by atoms with Gasteiger partial charge in [-0.2, -0.15) is 0 Å². The van der Waals surface area contributed by atoms with Crippen molar-refractivity contribution in [3.05, 3.63) is 29.8 Å². The molecule has 0 aliphatic heterocycles. The van der Waals surface area contributed by atoms with E-state index < -0.39 is 0 Å². The minimum Gasteiger partial charge on any atom is -0.399 e. The topological polar surface area (TPSA) is 46.3 Å². The molecule has 2 N–H and O–H groups in total. The number of hydrogen-bond donors (Lipinski definition) is 1. The molecule has 1 saturated carbocycles. The second kappa shape index (κ2) is 8.06. The maximum atomic E-state index is 12.6. The Balaban J connectivity index is 1.93. The number of rotatable bonds is 6. The number of anilines is 1. The molecule has 3 nitrogen and oxygen atoms in total. The molecule has 0 bridgehead atoms. The predicted octanol–water partition coefficient (Wildman–Crippen LogP) is 3.98. The van der Waals surface area contributed by atoms with Gasteiger partial charge in [0.05, 0.1) is 0 Å². The van der Waals surface area contributed by atoms with Crippen LogP contribution in [0.5, 0.6) is 0 Å². The minimum absolute atomic E-state index is 0.320. The summed E-state index contributed by atoms with van der Waals surface area (Å²) in [6, 6.07) is 7.86. The molecule has 1 aromatic carbocycles. The monoisotopic (exact) mass is 288 g/mol. The maximum Gasteiger partial charge on any atom is 0.223 e. The second-order valence-electron chi connectivity index (χ2n) is 6.27. The zero-order valence-corrected chi connectivity index (χ0v) is 13.2. The molecule has 0 heterocycles. The van der Waals surface area contributed by atoms with Crippen LogP contribution in [0, 0.1) is 5.92 Å². The third-order valence-electron chi connectivity index (χ3n) is 4.39. The Kier molecular flexibility index (Phi) is 6.09. The van der Waals surface area contributed by atoms with Crippen LogP contribution >= 0.6 is 0 Å². The SMILES string of the molecule is CCCN(Cc1ccc(N)cc1)C(=O)CC1CCCCC1. The fourth-order valence-corrected chi connectivity index (χ4v) is 3.17. The molecule has 2 rings (SSSR count). The number of hydrogen-bond acceptors (Lipinski definition) is 2. The lowest BCUT2D eigenvalue weighted by molar-refractivity contribution is -0.133. The number of nitrogen functional groups attached to an aromatic ring is 1. The predicted molar refractivity (Wildman–Crippen MR) is 87.8 cm³/mol. The van der Waals surface area contributed by atoms with Crippen LogP contribution in [-0.4, -0.2) is 17.4 Å². The molecule has 1 amide bonds. The normalized spacial score (nSPS) is 15.9. The van der Waals surface area contributed by atoms with Gasteiger partial charge in [-0.15, -0.1) is 0 Å². The van der Waals surface area contributed by atoms with Crippen molar-refractivity contribution in [2.24, 2.45) is 5.92 Å². The van der Waals surface area contributed by atoms with Gasteiger partial charge in [0, 0.05) is 25.2 Å². The van der Waals surface area contributed by atoms with Gasteiger partial charge >= 0.3 is 0 Å². The van der Waals surface area contributed by atoms with Crippen LogP contribution in [0.1, 0.15) is 57.4 Å². The van der Waals surface area contributed by atoms with E-state index in [4.69, 9.17) is 5.73 Å². The van der Waals surface area contributed by atoms with Crippen molar-refractivity contribution in [1.29, 1.82) is 0 Å². The molecule has 1 aliphatic carbocycles. The summed E-state index contributed by atoms with van der Waals surface area (Å²) in [4.78, 5) is 14.6. The molecule has 1 aromatic rings. The van der Waals surface area contributed by atoms with E-state index in [1.54, 1.807) is 0 Å². The van der Waals surface area contributed by atoms with Gasteiger partial charge in [-0.25, -0.2) is 0 Å². The summed E-state index contributed by atoms with van der Waals surface area (Å²) in [5.74, 6) is 0.928. The molecule has 0 aromatic heterocycles. The average Bonchev–Trinajstić information content (AvgIpc) is 2.50. The molecule has 21 heavy (non-hydrogen) atoms. The third kappa shape index (κ3) is 5.07. The Labute approximate surface area is 128 Å². The summed E-state index contributed by atoms with van der Waals surface area (Å²) in [6.07, 6.45) is 8.13. The van der Waals surface area contributed by atoms with Crippen LogP contribution in [0.2, 0.25) is 0 Å². The van der Waals surface area contributed by atoms with Gasteiger partial charge in [-0.05, 0) is 42.9 Å². The minimum atomic E-state index is 0.320. The van der Waals surface area contributed by atoms with Gasteiger partial charge in [-0.1, -0.05) is 38.3 Å². The molecular weight excluding hydrogens is 260 g/mol. The first kappa shape index (κ1) is 15.9. The standard InChI is InChI=1S/C18H28N2O/c1-2-12-20(14-16-8-10-17(19)11-9-16)18(21)13-15-6-4-3-5-7-15/h8-11,15H,2-7,12-14,19H2,1H3. The summed E-state index contributed by atoms with van der Waals surface area (Å²) >= 11 is 0. The highest BCUT2D eigenvalue weighted by atomic mass is 16.2. The van der Waals surface area contributed by atoms with E-state index in [1.165, 1.54) is 32.1 Å². The summed E-state index contributed by atoms with van der Waals surface area (Å²) < 4.78 is 0. The van der Waals surface area contributed by atoms with Crippen LogP contribution in [0.25, 0.3) is 0 Å². The number of carbonyl (C=O) groups is 1. The highest BCUT2D eigenvalue weighted by Crippen LogP contribution is 2.27. The number of benzene rings is 1. The first-order chi connectivity index (χ1) is 10.2. The third-order valence-corrected chi connectivity index (χ3v) is 4.39. The van der Waals surface area contributed by atoms with Crippen molar-refractivity contribution < 1.29 is 4.79 Å². The second-order valence-corrected chi connectivity index (χ2v) is 6.27. The molecular formula is C18H28N2O. The number of nitrogens with zero attached hydrogens (tertiary/aromatic N) is 1. The highest BCUT2D eigenvalue weighted by molar-refractivity contribution is 5.76. The van der Waals surface area contributed by atoms with E-state index in [1.807, 2.05) is 29.2 Å². The van der Waals surface area contributed by atoms with Crippen molar-refractivity contribution in [2.75, 3.05) is 12.3 Å². The molecule has 3 heteroatoms. The van der Waals surface area contributed by atoms with Crippen molar-refractivity contribution >= 4 is 11.6 Å². The number of carbonyl (C=O) groups excluding carboxylic acids is 1. The number of nitrogens with two attached hydrogens (primary N) is 1. The Morgan fingerprint density at radius 3 is 2.48 bits per heavy atom. The molecule has 1 fully saturated rings. The zero-order valence-electron chi connectivity index (χ0n) is 13.2.